The van der Waals surface area contributed by atoms with Crippen LogP contribution < -0.4 is 5.73 Å². The predicted octanol–water partition coefficient (Wildman–Crippen LogP) is 1.40. The maximum atomic E-state index is 12.3. The van der Waals surface area contributed by atoms with Gasteiger partial charge in [-0.2, -0.15) is 13.2 Å². The van der Waals surface area contributed by atoms with Crippen molar-refractivity contribution in [2.45, 2.75) is 12.2 Å². The zero-order valence-corrected chi connectivity index (χ0v) is 7.62. The Balaban J connectivity index is 3.17. The summed E-state index contributed by atoms with van der Waals surface area (Å²) in [7, 11) is 0. The number of alkyl halides is 3. The van der Waals surface area contributed by atoms with Gasteiger partial charge in [-0.1, -0.05) is 6.07 Å². The molecule has 4 N–H and O–H groups in total. The van der Waals surface area contributed by atoms with Gasteiger partial charge >= 0.3 is 6.18 Å². The number of aliphatic hydroxyl groups is 1. The molecule has 0 aliphatic rings. The molecule has 0 aliphatic heterocycles. The number of hydrogen-bond acceptors (Lipinski definition) is 3. The zero-order valence-electron chi connectivity index (χ0n) is 7.62. The summed E-state index contributed by atoms with van der Waals surface area (Å²) in [5, 5.41) is 17.7. The van der Waals surface area contributed by atoms with Crippen LogP contribution in [0.4, 0.5) is 13.2 Å². The summed E-state index contributed by atoms with van der Waals surface area (Å²) in [4.78, 5) is 0. The number of benzene rings is 1. The Kier molecular flexibility index (Phi) is 3.21. The first-order valence-corrected chi connectivity index (χ1v) is 4.13. The Morgan fingerprint density at radius 1 is 1.33 bits per heavy atom. The van der Waals surface area contributed by atoms with Gasteiger partial charge in [0, 0.05) is 0 Å². The number of aliphatic hydroxyl groups excluding tert-OH is 1. The smallest absolute Gasteiger partial charge is 0.419 e. The van der Waals surface area contributed by atoms with E-state index in [9.17, 15) is 13.2 Å². The van der Waals surface area contributed by atoms with E-state index in [1.165, 1.54) is 6.07 Å². The van der Waals surface area contributed by atoms with Gasteiger partial charge in [-0.05, 0) is 17.7 Å². The number of rotatable bonds is 2. The lowest BCUT2D eigenvalue weighted by Gasteiger charge is -2.13. The van der Waals surface area contributed by atoms with Crippen molar-refractivity contribution in [2.24, 2.45) is 5.73 Å². The maximum absolute atomic E-state index is 12.3. The summed E-state index contributed by atoms with van der Waals surface area (Å²) in [5.74, 6) is -0.851. The average Bonchev–Trinajstić information content (AvgIpc) is 2.15. The van der Waals surface area contributed by atoms with Gasteiger partial charge in [-0.15, -0.1) is 0 Å². The highest BCUT2D eigenvalue weighted by Crippen LogP contribution is 2.36. The molecule has 6 heteroatoms. The first kappa shape index (κ1) is 11.8. The van der Waals surface area contributed by atoms with Crippen molar-refractivity contribution >= 4 is 0 Å². The maximum Gasteiger partial charge on any atom is 0.419 e. The number of aromatic hydroxyl groups is 1. The number of halogens is 3. The number of phenolic OH excluding ortho intramolecular Hbond substituents is 1. The molecule has 0 aromatic heterocycles. The molecular formula is C9H10F3NO2. The molecule has 0 radical (unpaired) electrons. The van der Waals surface area contributed by atoms with Crippen molar-refractivity contribution in [1.29, 1.82) is 0 Å². The molecule has 0 aliphatic carbocycles. The van der Waals surface area contributed by atoms with Crippen LogP contribution in [0.2, 0.25) is 0 Å². The van der Waals surface area contributed by atoms with Gasteiger partial charge in [0.15, 0.2) is 0 Å². The Hall–Kier alpha value is -1.27. The van der Waals surface area contributed by atoms with Crippen LogP contribution in [0.3, 0.4) is 0 Å². The standard InChI is InChI=1S/C9H10F3NO2/c10-9(11,12)6-3-5(7(13)4-14)1-2-8(6)15/h1-3,7,14-15H,4,13H2/t7-/m0/s1. The Morgan fingerprint density at radius 2 is 1.93 bits per heavy atom. The fourth-order valence-electron chi connectivity index (χ4n) is 1.12. The highest BCUT2D eigenvalue weighted by molar-refractivity contribution is 5.39. The summed E-state index contributed by atoms with van der Waals surface area (Å²) in [6, 6.07) is 2.00. The van der Waals surface area contributed by atoms with Crippen molar-refractivity contribution in [1.82, 2.24) is 0 Å². The van der Waals surface area contributed by atoms with E-state index >= 15 is 0 Å². The van der Waals surface area contributed by atoms with Crippen LogP contribution in [0.1, 0.15) is 17.2 Å². The molecule has 0 fully saturated rings. The van der Waals surface area contributed by atoms with Gasteiger partial charge in [0.05, 0.1) is 18.2 Å². The van der Waals surface area contributed by atoms with E-state index in [0.29, 0.717) is 0 Å². The minimum Gasteiger partial charge on any atom is -0.507 e. The van der Waals surface area contributed by atoms with Gasteiger partial charge in [0.1, 0.15) is 5.75 Å². The number of phenols is 1. The quantitative estimate of drug-likeness (QED) is 0.707. The van der Waals surface area contributed by atoms with E-state index in [1.54, 1.807) is 0 Å². The molecule has 0 spiro atoms. The zero-order chi connectivity index (χ0) is 11.6. The molecule has 1 atom stereocenters. The second kappa shape index (κ2) is 4.08. The molecule has 1 rings (SSSR count). The number of nitrogens with two attached hydrogens (primary N) is 1. The highest BCUT2D eigenvalue weighted by atomic mass is 19.4. The van der Waals surface area contributed by atoms with Crippen molar-refractivity contribution in [3.05, 3.63) is 29.3 Å². The lowest BCUT2D eigenvalue weighted by Crippen LogP contribution is -2.16. The molecule has 0 unspecified atom stereocenters. The lowest BCUT2D eigenvalue weighted by atomic mass is 10.0. The van der Waals surface area contributed by atoms with Gasteiger partial charge in [-0.3, -0.25) is 0 Å². The topological polar surface area (TPSA) is 66.5 Å². The van der Waals surface area contributed by atoms with Gasteiger partial charge < -0.3 is 15.9 Å². The third-order valence-corrected chi connectivity index (χ3v) is 1.95. The Bertz CT molecular complexity index is 352. The molecule has 0 saturated heterocycles. The second-order valence-corrected chi connectivity index (χ2v) is 3.06. The van der Waals surface area contributed by atoms with Crippen LogP contribution in [-0.2, 0) is 6.18 Å². The molecule has 3 nitrogen and oxygen atoms in total. The third-order valence-electron chi connectivity index (χ3n) is 1.95. The first-order valence-electron chi connectivity index (χ1n) is 4.13. The van der Waals surface area contributed by atoms with Crippen LogP contribution in [0.15, 0.2) is 18.2 Å². The molecule has 84 valence electrons. The second-order valence-electron chi connectivity index (χ2n) is 3.06. The van der Waals surface area contributed by atoms with Crippen molar-refractivity contribution in [3.63, 3.8) is 0 Å². The highest BCUT2D eigenvalue weighted by Gasteiger charge is 2.34. The minimum absolute atomic E-state index is 0.127. The van der Waals surface area contributed by atoms with Gasteiger partial charge in [-0.25, -0.2) is 0 Å². The summed E-state index contributed by atoms with van der Waals surface area (Å²) in [6.45, 7) is -0.456. The molecule has 0 saturated carbocycles. The van der Waals surface area contributed by atoms with E-state index in [1.807, 2.05) is 0 Å². The van der Waals surface area contributed by atoms with Crippen molar-refractivity contribution < 1.29 is 23.4 Å². The fraction of sp³-hybridized carbons (Fsp3) is 0.333. The SMILES string of the molecule is N[C@@H](CO)c1ccc(O)c(C(F)(F)F)c1. The summed E-state index contributed by atoms with van der Waals surface area (Å²) in [6.07, 6.45) is -4.63. The lowest BCUT2D eigenvalue weighted by molar-refractivity contribution is -0.138. The van der Waals surface area contributed by atoms with E-state index in [4.69, 9.17) is 15.9 Å². The summed E-state index contributed by atoms with van der Waals surface area (Å²) in [5.41, 5.74) is 4.34. The molecular weight excluding hydrogens is 211 g/mol. The first-order chi connectivity index (χ1) is 6.86. The summed E-state index contributed by atoms with van der Waals surface area (Å²) < 4.78 is 37.0. The van der Waals surface area contributed by atoms with Crippen LogP contribution in [0.25, 0.3) is 0 Å². The molecule has 1 aromatic carbocycles. The van der Waals surface area contributed by atoms with Crippen LogP contribution in [0.5, 0.6) is 5.75 Å². The van der Waals surface area contributed by atoms with E-state index in [2.05, 4.69) is 0 Å². The fourth-order valence-corrected chi connectivity index (χ4v) is 1.12. The Morgan fingerprint density at radius 3 is 2.40 bits per heavy atom. The summed E-state index contributed by atoms with van der Waals surface area (Å²) >= 11 is 0. The van der Waals surface area contributed by atoms with Crippen LogP contribution in [0, 0.1) is 0 Å². The molecule has 0 amide bonds. The molecule has 1 aromatic rings. The molecule has 0 heterocycles. The third kappa shape index (κ3) is 2.60. The van der Waals surface area contributed by atoms with Crippen molar-refractivity contribution in [2.75, 3.05) is 6.61 Å². The normalized spacial score (nSPS) is 13.9. The van der Waals surface area contributed by atoms with E-state index in [0.717, 1.165) is 12.1 Å². The minimum atomic E-state index is -4.63. The number of hydrogen-bond donors (Lipinski definition) is 3. The van der Waals surface area contributed by atoms with E-state index in [-0.39, 0.29) is 5.56 Å². The molecule has 0 bridgehead atoms. The van der Waals surface area contributed by atoms with Gasteiger partial charge in [0.2, 0.25) is 0 Å². The largest absolute Gasteiger partial charge is 0.507 e. The van der Waals surface area contributed by atoms with E-state index < -0.39 is 30.1 Å². The monoisotopic (exact) mass is 221 g/mol. The van der Waals surface area contributed by atoms with Crippen LogP contribution in [-0.4, -0.2) is 16.8 Å². The van der Waals surface area contributed by atoms with Crippen LogP contribution >= 0.6 is 0 Å². The average molecular weight is 221 g/mol. The van der Waals surface area contributed by atoms with Crippen molar-refractivity contribution in [3.8, 4) is 5.75 Å². The predicted molar refractivity (Wildman–Crippen MR) is 47.1 cm³/mol. The molecule has 15 heavy (non-hydrogen) atoms. The Labute approximate surface area is 84.0 Å². The van der Waals surface area contributed by atoms with Gasteiger partial charge in [0.25, 0.3) is 0 Å².